The predicted molar refractivity (Wildman–Crippen MR) is 122 cm³/mol. The van der Waals surface area contributed by atoms with Gasteiger partial charge in [-0.05, 0) is 48.2 Å². The van der Waals surface area contributed by atoms with E-state index in [1.165, 1.54) is 11.1 Å². The summed E-state index contributed by atoms with van der Waals surface area (Å²) >= 11 is 6.28. The van der Waals surface area contributed by atoms with Gasteiger partial charge >= 0.3 is 0 Å². The molecule has 6 heteroatoms. The molecule has 0 saturated heterocycles. The zero-order valence-electron chi connectivity index (χ0n) is 17.0. The lowest BCUT2D eigenvalue weighted by molar-refractivity contribution is -0.117. The van der Waals surface area contributed by atoms with Crippen LogP contribution in [-0.2, 0) is 11.2 Å². The first-order valence-electron chi connectivity index (χ1n) is 10.2. The molecule has 0 bridgehead atoms. The molecule has 154 valence electrons. The number of nitrogens with zero attached hydrogens (tertiary/aromatic N) is 3. The Morgan fingerprint density at radius 3 is 2.83 bits per heavy atom. The molecule has 1 aliphatic rings. The maximum atomic E-state index is 12.4. The smallest absolute Gasteiger partial charge is 0.238 e. The number of rotatable bonds is 6. The van der Waals surface area contributed by atoms with Crippen molar-refractivity contribution in [3.05, 3.63) is 83.2 Å². The molecule has 0 spiro atoms. The summed E-state index contributed by atoms with van der Waals surface area (Å²) in [6, 6.07) is 15.7. The van der Waals surface area contributed by atoms with E-state index in [0.29, 0.717) is 11.6 Å². The minimum absolute atomic E-state index is 0.0200. The highest BCUT2D eigenvalue weighted by atomic mass is 35.5. The minimum Gasteiger partial charge on any atom is -0.325 e. The summed E-state index contributed by atoms with van der Waals surface area (Å²) in [5.74, 6) is 0.0200. The second-order valence-corrected chi connectivity index (χ2v) is 7.85. The first kappa shape index (κ1) is 20.4. The third kappa shape index (κ3) is 4.81. The van der Waals surface area contributed by atoms with Crippen molar-refractivity contribution >= 4 is 28.8 Å². The summed E-state index contributed by atoms with van der Waals surface area (Å²) in [6.07, 6.45) is 7.90. The number of hydrogen-bond donors (Lipinski definition) is 1. The second-order valence-electron chi connectivity index (χ2n) is 7.44. The topological polar surface area (TPSA) is 50.2 Å². The lowest BCUT2D eigenvalue weighted by Crippen LogP contribution is -2.36. The number of carbonyl (C=O) groups excluding carboxylic acids is 1. The van der Waals surface area contributed by atoms with Gasteiger partial charge in [-0.15, -0.1) is 0 Å². The van der Waals surface area contributed by atoms with Crippen molar-refractivity contribution < 1.29 is 4.79 Å². The van der Waals surface area contributed by atoms with Crippen LogP contribution in [0.4, 0.5) is 5.69 Å². The van der Waals surface area contributed by atoms with Gasteiger partial charge in [-0.3, -0.25) is 9.69 Å². The van der Waals surface area contributed by atoms with Gasteiger partial charge in [0.2, 0.25) is 5.91 Å². The Morgan fingerprint density at radius 2 is 2.07 bits per heavy atom. The van der Waals surface area contributed by atoms with Gasteiger partial charge in [0.05, 0.1) is 23.5 Å². The molecule has 1 amide bonds. The number of nitrogens with one attached hydrogen (secondary N) is 1. The van der Waals surface area contributed by atoms with E-state index >= 15 is 0 Å². The summed E-state index contributed by atoms with van der Waals surface area (Å²) < 4.78 is 1.81. The van der Waals surface area contributed by atoms with Crippen LogP contribution in [-0.4, -0.2) is 40.2 Å². The Hall–Kier alpha value is -2.89. The minimum atomic E-state index is 0.0200. The molecule has 0 aliphatic carbocycles. The van der Waals surface area contributed by atoms with E-state index in [9.17, 15) is 4.79 Å². The molecule has 1 aromatic heterocycles. The number of hydrogen-bond acceptors (Lipinski definition) is 3. The van der Waals surface area contributed by atoms with Crippen LogP contribution >= 0.6 is 11.6 Å². The molecular weight excluding hydrogens is 396 g/mol. The van der Waals surface area contributed by atoms with Gasteiger partial charge < -0.3 is 5.32 Å². The summed E-state index contributed by atoms with van der Waals surface area (Å²) in [4.78, 5) is 14.6. The van der Waals surface area contributed by atoms with E-state index in [4.69, 9.17) is 11.6 Å². The molecule has 5 nitrogen and oxygen atoms in total. The number of para-hydroxylation sites is 1. The van der Waals surface area contributed by atoms with Gasteiger partial charge in [-0.25, -0.2) is 4.68 Å². The van der Waals surface area contributed by atoms with Crippen LogP contribution in [0.5, 0.6) is 0 Å². The highest BCUT2D eigenvalue weighted by Gasteiger charge is 2.17. The SMILES string of the molecule is CCc1cccc(NC(=O)CN2CC=C(c3cnn(-c4ccccc4Cl)c3)CC2)c1. The van der Waals surface area contributed by atoms with E-state index in [0.717, 1.165) is 42.9 Å². The third-order valence-electron chi connectivity index (χ3n) is 5.33. The highest BCUT2D eigenvalue weighted by Crippen LogP contribution is 2.25. The molecule has 2 aromatic carbocycles. The van der Waals surface area contributed by atoms with Crippen LogP contribution in [0.15, 0.2) is 67.0 Å². The van der Waals surface area contributed by atoms with Gasteiger partial charge in [-0.1, -0.05) is 48.9 Å². The quantitative estimate of drug-likeness (QED) is 0.622. The van der Waals surface area contributed by atoms with Crippen LogP contribution < -0.4 is 5.32 Å². The maximum Gasteiger partial charge on any atom is 0.238 e. The molecule has 2 heterocycles. The number of halogens is 1. The number of aryl methyl sites for hydroxylation is 1. The van der Waals surface area contributed by atoms with E-state index in [-0.39, 0.29) is 5.91 Å². The van der Waals surface area contributed by atoms with E-state index in [2.05, 4.69) is 34.4 Å². The lowest BCUT2D eigenvalue weighted by atomic mass is 10.0. The third-order valence-corrected chi connectivity index (χ3v) is 5.65. The average molecular weight is 421 g/mol. The van der Waals surface area contributed by atoms with Crippen molar-refractivity contribution in [1.29, 1.82) is 0 Å². The Labute approximate surface area is 182 Å². The molecular formula is C24H25ClN4O. The van der Waals surface area contributed by atoms with Gasteiger partial charge in [0.1, 0.15) is 0 Å². The Balaban J connectivity index is 1.35. The molecule has 0 saturated carbocycles. The first-order valence-corrected chi connectivity index (χ1v) is 10.6. The standard InChI is InChI=1S/C24H25ClN4O/c1-2-18-6-5-7-21(14-18)27-24(30)17-28-12-10-19(11-13-28)20-15-26-29(16-20)23-9-4-3-8-22(23)25/h3-10,14-16H,2,11-13,17H2,1H3,(H,27,30). The van der Waals surface area contributed by atoms with Crippen LogP contribution in [0.25, 0.3) is 11.3 Å². The van der Waals surface area contributed by atoms with Crippen LogP contribution in [0.2, 0.25) is 5.02 Å². The zero-order chi connectivity index (χ0) is 20.9. The molecule has 30 heavy (non-hydrogen) atoms. The number of amides is 1. The van der Waals surface area contributed by atoms with Crippen molar-refractivity contribution in [3.63, 3.8) is 0 Å². The van der Waals surface area contributed by atoms with Crippen molar-refractivity contribution in [2.24, 2.45) is 0 Å². The Bertz CT molecular complexity index is 1070. The van der Waals surface area contributed by atoms with Crippen LogP contribution in [0, 0.1) is 0 Å². The van der Waals surface area contributed by atoms with Crippen molar-refractivity contribution in [2.45, 2.75) is 19.8 Å². The summed E-state index contributed by atoms with van der Waals surface area (Å²) in [6.45, 7) is 4.08. The monoisotopic (exact) mass is 420 g/mol. The van der Waals surface area contributed by atoms with Gasteiger partial charge in [0.15, 0.2) is 0 Å². The zero-order valence-corrected chi connectivity index (χ0v) is 17.8. The predicted octanol–water partition coefficient (Wildman–Crippen LogP) is 4.82. The first-order chi connectivity index (χ1) is 14.6. The maximum absolute atomic E-state index is 12.4. The molecule has 0 fully saturated rings. The summed E-state index contributed by atoms with van der Waals surface area (Å²) in [5.41, 5.74) is 5.29. The van der Waals surface area contributed by atoms with Crippen molar-refractivity contribution in [3.8, 4) is 5.69 Å². The highest BCUT2D eigenvalue weighted by molar-refractivity contribution is 6.32. The molecule has 4 rings (SSSR count). The molecule has 1 aliphatic heterocycles. The van der Waals surface area contributed by atoms with E-state index in [1.54, 1.807) is 0 Å². The van der Waals surface area contributed by atoms with E-state index < -0.39 is 0 Å². The Kier molecular flexibility index (Phi) is 6.31. The Morgan fingerprint density at radius 1 is 1.20 bits per heavy atom. The molecule has 0 unspecified atom stereocenters. The van der Waals surface area contributed by atoms with Crippen molar-refractivity contribution in [2.75, 3.05) is 25.0 Å². The molecule has 0 atom stereocenters. The van der Waals surface area contributed by atoms with E-state index in [1.807, 2.05) is 59.5 Å². The van der Waals surface area contributed by atoms with Gasteiger partial charge in [0, 0.05) is 30.5 Å². The summed E-state index contributed by atoms with van der Waals surface area (Å²) in [7, 11) is 0. The van der Waals surface area contributed by atoms with Crippen molar-refractivity contribution in [1.82, 2.24) is 14.7 Å². The fraction of sp³-hybridized carbons (Fsp3) is 0.250. The fourth-order valence-corrected chi connectivity index (χ4v) is 3.87. The molecule has 0 radical (unpaired) electrons. The number of carbonyl (C=O) groups is 1. The van der Waals surface area contributed by atoms with Crippen LogP contribution in [0.1, 0.15) is 24.5 Å². The lowest BCUT2D eigenvalue weighted by Gasteiger charge is -2.25. The fourth-order valence-electron chi connectivity index (χ4n) is 3.65. The molecule has 3 aromatic rings. The van der Waals surface area contributed by atoms with Crippen LogP contribution in [0.3, 0.4) is 0 Å². The van der Waals surface area contributed by atoms with Gasteiger partial charge in [0.25, 0.3) is 0 Å². The number of benzene rings is 2. The van der Waals surface area contributed by atoms with Gasteiger partial charge in [-0.2, -0.15) is 5.10 Å². The second kappa shape index (κ2) is 9.28. The number of anilines is 1. The summed E-state index contributed by atoms with van der Waals surface area (Å²) in [5, 5.41) is 8.14. The largest absolute Gasteiger partial charge is 0.325 e. The number of aromatic nitrogens is 2. The normalized spacial score (nSPS) is 14.4. The average Bonchev–Trinajstić information content (AvgIpc) is 3.24. The molecule has 1 N–H and O–H groups in total.